The lowest BCUT2D eigenvalue weighted by Gasteiger charge is -2.30. The van der Waals surface area contributed by atoms with Crippen LogP contribution in [0.1, 0.15) is 26.2 Å². The Morgan fingerprint density at radius 2 is 1.88 bits per heavy atom. The number of carbonyl (C=O) groups excluding carboxylic acids is 1. The van der Waals surface area contributed by atoms with Crippen LogP contribution in [0.25, 0.3) is 0 Å². The minimum Gasteiger partial charge on any atom is -0.356 e. The molecule has 0 spiro atoms. The molecule has 26 heavy (non-hydrogen) atoms. The number of nitrogens with one attached hydrogen (secondary N) is 2. The lowest BCUT2D eigenvalue weighted by atomic mass is 9.99. The molecule has 1 aliphatic rings. The van der Waals surface area contributed by atoms with Crippen LogP contribution in [-0.2, 0) is 4.79 Å². The Kier molecular flexibility index (Phi) is 12.2. The third-order valence-corrected chi connectivity index (χ3v) is 4.29. The van der Waals surface area contributed by atoms with Crippen LogP contribution in [-0.4, -0.2) is 81.2 Å². The minimum atomic E-state index is -4.39. The van der Waals surface area contributed by atoms with Crippen molar-refractivity contribution in [3.05, 3.63) is 0 Å². The fourth-order valence-corrected chi connectivity index (χ4v) is 2.67. The molecule has 0 saturated carbocycles. The van der Waals surface area contributed by atoms with Crippen molar-refractivity contribution >= 4 is 35.8 Å². The number of hydrogen-bond acceptors (Lipinski definition) is 3. The van der Waals surface area contributed by atoms with Gasteiger partial charge in [-0.3, -0.25) is 9.79 Å². The van der Waals surface area contributed by atoms with Crippen molar-refractivity contribution < 1.29 is 18.0 Å². The fourth-order valence-electron chi connectivity index (χ4n) is 2.67. The molecule has 1 fully saturated rings. The highest BCUT2D eigenvalue weighted by molar-refractivity contribution is 14.0. The largest absolute Gasteiger partial charge is 0.406 e. The zero-order valence-electron chi connectivity index (χ0n) is 15.7. The summed E-state index contributed by atoms with van der Waals surface area (Å²) in [6.45, 7) is 4.76. The first-order valence-corrected chi connectivity index (χ1v) is 8.69. The maximum Gasteiger partial charge on any atom is 0.406 e. The number of piperidine rings is 1. The number of hydrogen-bond donors (Lipinski definition) is 2. The number of guanidine groups is 1. The second kappa shape index (κ2) is 12.6. The van der Waals surface area contributed by atoms with E-state index in [-0.39, 0.29) is 30.5 Å². The first-order chi connectivity index (χ1) is 11.7. The predicted molar refractivity (Wildman–Crippen MR) is 108 cm³/mol. The van der Waals surface area contributed by atoms with E-state index >= 15 is 0 Å². The smallest absolute Gasteiger partial charge is 0.356 e. The quantitative estimate of drug-likeness (QED) is 0.246. The number of halogens is 4. The first-order valence-electron chi connectivity index (χ1n) is 8.69. The summed E-state index contributed by atoms with van der Waals surface area (Å²) in [6.07, 6.45) is -0.970. The molecule has 0 aromatic rings. The maximum atomic E-state index is 12.3. The van der Waals surface area contributed by atoms with Gasteiger partial charge in [0.05, 0.1) is 6.54 Å². The van der Waals surface area contributed by atoms with Crippen LogP contribution in [0, 0.1) is 5.92 Å². The number of likely N-dealkylation sites (N-methyl/N-ethyl adjacent to an activating group) is 1. The van der Waals surface area contributed by atoms with Crippen LogP contribution >= 0.6 is 24.0 Å². The van der Waals surface area contributed by atoms with Gasteiger partial charge in [0, 0.05) is 20.6 Å². The molecule has 1 rings (SSSR count). The standard InChI is InChI=1S/C16H30F3N5O.HI/c1-13-5-9-24(10-6-13)8-4-7-21-15(20-2)22-11-14(25)23(3)12-16(17,18)19;/h13H,4-12H2,1-3H3,(H2,20,21,22);1H. The van der Waals surface area contributed by atoms with Crippen LogP contribution in [0.4, 0.5) is 13.2 Å². The zero-order chi connectivity index (χ0) is 18.9. The SMILES string of the molecule is CN=C(NCCCN1CCC(C)CC1)NCC(=O)N(C)CC(F)(F)F.I. The fraction of sp³-hybridized carbons (Fsp3) is 0.875. The number of rotatable bonds is 7. The summed E-state index contributed by atoms with van der Waals surface area (Å²) in [5.74, 6) is 0.592. The van der Waals surface area contributed by atoms with Crippen LogP contribution in [0.3, 0.4) is 0 Å². The van der Waals surface area contributed by atoms with E-state index in [9.17, 15) is 18.0 Å². The average Bonchev–Trinajstić information content (AvgIpc) is 2.54. The van der Waals surface area contributed by atoms with Crippen molar-refractivity contribution in [1.82, 2.24) is 20.4 Å². The maximum absolute atomic E-state index is 12.3. The summed E-state index contributed by atoms with van der Waals surface area (Å²) in [5.41, 5.74) is 0. The molecule has 0 aromatic carbocycles. The van der Waals surface area contributed by atoms with E-state index < -0.39 is 18.6 Å². The highest BCUT2D eigenvalue weighted by Crippen LogP contribution is 2.16. The van der Waals surface area contributed by atoms with E-state index in [2.05, 4.69) is 27.4 Å². The van der Waals surface area contributed by atoms with E-state index in [1.807, 2.05) is 0 Å². The number of aliphatic imine (C=N–C) groups is 1. The van der Waals surface area contributed by atoms with Crippen LogP contribution < -0.4 is 10.6 Å². The molecule has 0 aliphatic carbocycles. The summed E-state index contributed by atoms with van der Waals surface area (Å²) in [7, 11) is 2.69. The van der Waals surface area contributed by atoms with Gasteiger partial charge in [0.1, 0.15) is 6.54 Å². The minimum absolute atomic E-state index is 0. The Bertz CT molecular complexity index is 440. The van der Waals surface area contributed by atoms with Gasteiger partial charge >= 0.3 is 6.18 Å². The summed E-state index contributed by atoms with van der Waals surface area (Å²) in [4.78, 5) is 18.7. The van der Waals surface area contributed by atoms with Gasteiger partial charge in [-0.2, -0.15) is 13.2 Å². The van der Waals surface area contributed by atoms with E-state index in [1.165, 1.54) is 12.8 Å². The Hall–Kier alpha value is -0.780. The van der Waals surface area contributed by atoms with Gasteiger partial charge in [0.15, 0.2) is 5.96 Å². The summed E-state index contributed by atoms with van der Waals surface area (Å²) in [6, 6.07) is 0. The van der Waals surface area contributed by atoms with Crippen molar-refractivity contribution in [2.75, 3.05) is 53.4 Å². The van der Waals surface area contributed by atoms with Gasteiger partial charge in [-0.25, -0.2) is 0 Å². The van der Waals surface area contributed by atoms with Crippen molar-refractivity contribution in [3.8, 4) is 0 Å². The molecular formula is C16H31F3IN5O. The Labute approximate surface area is 171 Å². The number of alkyl halides is 3. The number of amides is 1. The monoisotopic (exact) mass is 493 g/mol. The van der Waals surface area contributed by atoms with Crippen molar-refractivity contribution in [2.24, 2.45) is 10.9 Å². The van der Waals surface area contributed by atoms with Gasteiger partial charge in [0.25, 0.3) is 0 Å². The van der Waals surface area contributed by atoms with Crippen molar-refractivity contribution in [3.63, 3.8) is 0 Å². The first kappa shape index (κ1) is 25.2. The topological polar surface area (TPSA) is 60.0 Å². The van der Waals surface area contributed by atoms with Gasteiger partial charge in [-0.05, 0) is 44.8 Å². The van der Waals surface area contributed by atoms with Crippen molar-refractivity contribution in [2.45, 2.75) is 32.4 Å². The predicted octanol–water partition coefficient (Wildman–Crippen LogP) is 1.91. The van der Waals surface area contributed by atoms with E-state index in [0.29, 0.717) is 17.4 Å². The molecule has 2 N–H and O–H groups in total. The Morgan fingerprint density at radius 1 is 1.27 bits per heavy atom. The summed E-state index contributed by atoms with van der Waals surface area (Å²) < 4.78 is 36.8. The zero-order valence-corrected chi connectivity index (χ0v) is 18.1. The summed E-state index contributed by atoms with van der Waals surface area (Å²) in [5, 5.41) is 5.83. The normalized spacial score (nSPS) is 16.8. The molecule has 1 amide bonds. The molecule has 1 heterocycles. The highest BCUT2D eigenvalue weighted by Gasteiger charge is 2.31. The Balaban J connectivity index is 0.00000625. The molecule has 0 radical (unpaired) electrons. The highest BCUT2D eigenvalue weighted by atomic mass is 127. The van der Waals surface area contributed by atoms with Crippen LogP contribution in [0.2, 0.25) is 0 Å². The molecule has 0 unspecified atom stereocenters. The summed E-state index contributed by atoms with van der Waals surface area (Å²) >= 11 is 0. The number of carbonyl (C=O) groups is 1. The second-order valence-electron chi connectivity index (χ2n) is 6.60. The Morgan fingerprint density at radius 3 is 2.42 bits per heavy atom. The molecule has 0 bridgehead atoms. The molecule has 1 saturated heterocycles. The van der Waals surface area contributed by atoms with Gasteiger partial charge < -0.3 is 20.4 Å². The van der Waals surface area contributed by atoms with Crippen LogP contribution in [0.15, 0.2) is 4.99 Å². The average molecular weight is 493 g/mol. The molecule has 10 heteroatoms. The molecule has 6 nitrogen and oxygen atoms in total. The van der Waals surface area contributed by atoms with Crippen molar-refractivity contribution in [1.29, 1.82) is 0 Å². The van der Waals surface area contributed by atoms with E-state index in [0.717, 1.165) is 39.0 Å². The second-order valence-corrected chi connectivity index (χ2v) is 6.60. The molecule has 0 atom stereocenters. The van der Waals surface area contributed by atoms with E-state index in [1.54, 1.807) is 7.05 Å². The third-order valence-electron chi connectivity index (χ3n) is 4.29. The third kappa shape index (κ3) is 11.0. The van der Waals surface area contributed by atoms with Gasteiger partial charge in [-0.1, -0.05) is 6.92 Å². The molecule has 154 valence electrons. The van der Waals surface area contributed by atoms with Gasteiger partial charge in [-0.15, -0.1) is 24.0 Å². The van der Waals surface area contributed by atoms with E-state index in [4.69, 9.17) is 0 Å². The molecule has 0 aromatic heterocycles. The lowest BCUT2D eigenvalue weighted by molar-refractivity contribution is -0.157. The van der Waals surface area contributed by atoms with Gasteiger partial charge in [0.2, 0.25) is 5.91 Å². The number of likely N-dealkylation sites (tertiary alicyclic amines) is 1. The number of nitrogens with zero attached hydrogens (tertiary/aromatic N) is 3. The lowest BCUT2D eigenvalue weighted by Crippen LogP contribution is -2.46. The van der Waals surface area contributed by atoms with Crippen LogP contribution in [0.5, 0.6) is 0 Å². The molecular weight excluding hydrogens is 462 g/mol. The molecule has 1 aliphatic heterocycles.